The van der Waals surface area contributed by atoms with Crippen LogP contribution < -0.4 is 5.32 Å². The number of nitrogens with one attached hydrogen (secondary N) is 1. The summed E-state index contributed by atoms with van der Waals surface area (Å²) in [5.41, 5.74) is 2.05. The number of nitrogens with zero attached hydrogens (tertiary/aromatic N) is 3. The van der Waals surface area contributed by atoms with Crippen molar-refractivity contribution in [1.29, 1.82) is 0 Å². The Balaban J connectivity index is 1.95. The van der Waals surface area contributed by atoms with Gasteiger partial charge in [0.1, 0.15) is 11.5 Å². The first-order valence-electron chi connectivity index (χ1n) is 6.81. The van der Waals surface area contributed by atoms with E-state index >= 15 is 0 Å². The molecule has 19 heavy (non-hydrogen) atoms. The number of aromatic nitrogens is 3. The molecule has 0 spiro atoms. The highest BCUT2D eigenvalue weighted by molar-refractivity contribution is 7.09. The van der Waals surface area contributed by atoms with Crippen LogP contribution in [0.15, 0.2) is 11.4 Å². The molecule has 0 amide bonds. The number of hydrogen-bond acceptors (Lipinski definition) is 5. The number of hydrogen-bond donors (Lipinski definition) is 1. The molecule has 1 saturated carbocycles. The molecule has 3 rings (SSSR count). The largest absolute Gasteiger partial charge is 0.370 e. The van der Waals surface area contributed by atoms with Crippen molar-refractivity contribution in [1.82, 2.24) is 15.0 Å². The predicted octanol–water partition coefficient (Wildman–Crippen LogP) is 3.61. The highest BCUT2D eigenvalue weighted by atomic mass is 32.1. The van der Waals surface area contributed by atoms with Gasteiger partial charge in [0.2, 0.25) is 0 Å². The van der Waals surface area contributed by atoms with Crippen molar-refractivity contribution < 1.29 is 0 Å². The van der Waals surface area contributed by atoms with E-state index in [9.17, 15) is 0 Å². The predicted molar refractivity (Wildman–Crippen MR) is 78.6 cm³/mol. The molecule has 2 heterocycles. The molecular formula is C14H18N4S. The molecule has 1 aliphatic carbocycles. The van der Waals surface area contributed by atoms with Gasteiger partial charge in [-0.1, -0.05) is 6.92 Å². The fourth-order valence-corrected chi connectivity index (χ4v) is 2.57. The van der Waals surface area contributed by atoms with Gasteiger partial charge < -0.3 is 5.32 Å². The van der Waals surface area contributed by atoms with Crippen LogP contribution in [-0.4, -0.2) is 21.5 Å². The lowest BCUT2D eigenvalue weighted by Gasteiger charge is -2.08. The van der Waals surface area contributed by atoms with E-state index in [-0.39, 0.29) is 0 Å². The summed E-state index contributed by atoms with van der Waals surface area (Å²) in [5.74, 6) is 2.32. The Bertz CT molecular complexity index is 575. The van der Waals surface area contributed by atoms with Crippen molar-refractivity contribution in [2.24, 2.45) is 0 Å². The molecular weight excluding hydrogens is 256 g/mol. The summed E-state index contributed by atoms with van der Waals surface area (Å²) < 4.78 is 0. The summed E-state index contributed by atoms with van der Waals surface area (Å²) in [7, 11) is 0. The van der Waals surface area contributed by atoms with Gasteiger partial charge in [-0.25, -0.2) is 15.0 Å². The quantitative estimate of drug-likeness (QED) is 0.905. The van der Waals surface area contributed by atoms with Gasteiger partial charge >= 0.3 is 0 Å². The van der Waals surface area contributed by atoms with Crippen LogP contribution in [0.25, 0.3) is 11.5 Å². The van der Waals surface area contributed by atoms with Crippen LogP contribution in [0.1, 0.15) is 42.8 Å². The number of rotatable bonds is 5. The van der Waals surface area contributed by atoms with Crippen LogP contribution in [0.5, 0.6) is 0 Å². The van der Waals surface area contributed by atoms with Gasteiger partial charge in [-0.2, -0.15) is 0 Å². The third-order valence-electron chi connectivity index (χ3n) is 3.15. The minimum absolute atomic E-state index is 0.628. The van der Waals surface area contributed by atoms with Gasteiger partial charge in [-0.3, -0.25) is 0 Å². The monoisotopic (exact) mass is 274 g/mol. The fraction of sp³-hybridized carbons (Fsp3) is 0.500. The van der Waals surface area contributed by atoms with Crippen LogP contribution in [-0.2, 0) is 0 Å². The van der Waals surface area contributed by atoms with E-state index in [1.165, 1.54) is 12.8 Å². The van der Waals surface area contributed by atoms with E-state index in [0.29, 0.717) is 5.92 Å². The Hall–Kier alpha value is -1.49. The van der Waals surface area contributed by atoms with Crippen molar-refractivity contribution in [2.45, 2.75) is 39.0 Å². The number of aryl methyl sites for hydroxylation is 1. The van der Waals surface area contributed by atoms with E-state index in [4.69, 9.17) is 0 Å². The number of anilines is 1. The van der Waals surface area contributed by atoms with E-state index in [0.717, 1.165) is 41.0 Å². The molecule has 0 aliphatic heterocycles. The van der Waals surface area contributed by atoms with E-state index in [1.807, 2.05) is 12.3 Å². The Labute approximate surface area is 117 Å². The summed E-state index contributed by atoms with van der Waals surface area (Å²) in [5, 5.41) is 6.45. The zero-order valence-electron chi connectivity index (χ0n) is 11.3. The molecule has 0 unspecified atom stereocenters. The Morgan fingerprint density at radius 1 is 1.32 bits per heavy atom. The van der Waals surface area contributed by atoms with Gasteiger partial charge in [-0.15, -0.1) is 11.3 Å². The first-order chi connectivity index (χ1) is 9.26. The number of thiazole rings is 1. The Morgan fingerprint density at radius 3 is 2.79 bits per heavy atom. The summed E-state index contributed by atoms with van der Waals surface area (Å²) in [6, 6.07) is 2.09. The molecule has 2 aromatic rings. The summed E-state index contributed by atoms with van der Waals surface area (Å²) in [6.45, 7) is 5.10. The van der Waals surface area contributed by atoms with Gasteiger partial charge in [0.25, 0.3) is 0 Å². The molecule has 4 nitrogen and oxygen atoms in total. The van der Waals surface area contributed by atoms with Crippen molar-refractivity contribution in [3.05, 3.63) is 22.1 Å². The van der Waals surface area contributed by atoms with Crippen molar-refractivity contribution in [3.8, 4) is 11.5 Å². The van der Waals surface area contributed by atoms with Crippen molar-refractivity contribution in [3.63, 3.8) is 0 Å². The fourth-order valence-electron chi connectivity index (χ4n) is 1.98. The van der Waals surface area contributed by atoms with E-state index in [1.54, 1.807) is 11.3 Å². The average Bonchev–Trinajstić information content (AvgIpc) is 3.18. The van der Waals surface area contributed by atoms with Gasteiger partial charge in [0, 0.05) is 29.6 Å². The molecule has 0 bridgehead atoms. The highest BCUT2D eigenvalue weighted by Crippen LogP contribution is 2.40. The normalized spacial score (nSPS) is 14.6. The first-order valence-corrected chi connectivity index (χ1v) is 7.69. The smallest absolute Gasteiger partial charge is 0.181 e. The third kappa shape index (κ3) is 2.92. The van der Waals surface area contributed by atoms with E-state index in [2.05, 4.69) is 33.3 Å². The highest BCUT2D eigenvalue weighted by Gasteiger charge is 2.26. The molecule has 100 valence electrons. The average molecular weight is 274 g/mol. The van der Waals surface area contributed by atoms with Crippen LogP contribution in [0, 0.1) is 6.92 Å². The molecule has 0 saturated heterocycles. The zero-order valence-corrected chi connectivity index (χ0v) is 12.1. The molecule has 1 N–H and O–H groups in total. The van der Waals surface area contributed by atoms with Gasteiger partial charge in [-0.05, 0) is 26.2 Å². The SMILES string of the molecule is CCCNc1cc(C2CC2)nc(-c2csc(C)n2)n1. The maximum atomic E-state index is 4.68. The second kappa shape index (κ2) is 5.25. The van der Waals surface area contributed by atoms with Gasteiger partial charge in [0.15, 0.2) is 5.82 Å². The standard InChI is InChI=1S/C14H18N4S/c1-3-6-15-13-7-11(10-4-5-10)17-14(18-13)12-8-19-9(2)16-12/h7-8,10H,3-6H2,1-2H3,(H,15,17,18). The summed E-state index contributed by atoms with van der Waals surface area (Å²) in [6.07, 6.45) is 3.59. The van der Waals surface area contributed by atoms with Crippen LogP contribution >= 0.6 is 11.3 Å². The second-order valence-corrected chi connectivity index (χ2v) is 6.02. The maximum Gasteiger partial charge on any atom is 0.181 e. The molecule has 2 aromatic heterocycles. The molecule has 1 fully saturated rings. The minimum atomic E-state index is 0.628. The molecule has 0 atom stereocenters. The zero-order chi connectivity index (χ0) is 13.2. The Kier molecular flexibility index (Phi) is 3.46. The lowest BCUT2D eigenvalue weighted by molar-refractivity contribution is 0.946. The first kappa shape index (κ1) is 12.5. The van der Waals surface area contributed by atoms with Crippen molar-refractivity contribution >= 4 is 17.2 Å². The Morgan fingerprint density at radius 2 is 2.16 bits per heavy atom. The molecule has 1 aliphatic rings. The summed E-state index contributed by atoms with van der Waals surface area (Å²) in [4.78, 5) is 13.8. The topological polar surface area (TPSA) is 50.7 Å². The van der Waals surface area contributed by atoms with Crippen molar-refractivity contribution in [2.75, 3.05) is 11.9 Å². The van der Waals surface area contributed by atoms with E-state index < -0.39 is 0 Å². The molecule has 0 radical (unpaired) electrons. The second-order valence-electron chi connectivity index (χ2n) is 4.95. The third-order valence-corrected chi connectivity index (χ3v) is 3.92. The lowest BCUT2D eigenvalue weighted by atomic mass is 10.2. The molecule has 0 aromatic carbocycles. The maximum absolute atomic E-state index is 4.68. The van der Waals surface area contributed by atoms with Crippen LogP contribution in [0.4, 0.5) is 5.82 Å². The summed E-state index contributed by atoms with van der Waals surface area (Å²) >= 11 is 1.64. The van der Waals surface area contributed by atoms with Crippen LogP contribution in [0.2, 0.25) is 0 Å². The minimum Gasteiger partial charge on any atom is -0.370 e. The van der Waals surface area contributed by atoms with Crippen LogP contribution in [0.3, 0.4) is 0 Å². The molecule has 5 heteroatoms. The lowest BCUT2D eigenvalue weighted by Crippen LogP contribution is -2.05. The van der Waals surface area contributed by atoms with Gasteiger partial charge in [0.05, 0.1) is 5.01 Å².